The molecule has 0 spiro atoms. The number of fused-ring (bicyclic) bond motifs is 10. The van der Waals surface area contributed by atoms with Gasteiger partial charge in [0.05, 0.1) is 16.6 Å². The molecule has 0 aliphatic heterocycles. The van der Waals surface area contributed by atoms with E-state index < -0.39 is 0 Å². The molecule has 0 bridgehead atoms. The summed E-state index contributed by atoms with van der Waals surface area (Å²) < 4.78 is 2.25. The lowest BCUT2D eigenvalue weighted by Gasteiger charge is -2.21. The highest BCUT2D eigenvalue weighted by Gasteiger charge is 2.38. The Hall–Kier alpha value is -5.28. The monoisotopic (exact) mass is 537 g/mol. The van der Waals surface area contributed by atoms with Gasteiger partial charge < -0.3 is 0 Å². The number of hydrogen-bond donors (Lipinski definition) is 0. The number of benzene rings is 6. The van der Waals surface area contributed by atoms with Gasteiger partial charge in [0.2, 0.25) is 5.95 Å². The Morgan fingerprint density at radius 2 is 1.31 bits per heavy atom. The van der Waals surface area contributed by atoms with Crippen molar-refractivity contribution in [2.24, 2.45) is 0 Å². The average molecular weight is 538 g/mol. The van der Waals surface area contributed by atoms with Crippen molar-refractivity contribution in [3.8, 4) is 28.2 Å². The summed E-state index contributed by atoms with van der Waals surface area (Å²) >= 11 is 0. The van der Waals surface area contributed by atoms with Gasteiger partial charge in [-0.3, -0.25) is 4.57 Å². The maximum Gasteiger partial charge on any atom is 0.235 e. The molecule has 0 fully saturated rings. The fourth-order valence-electron chi connectivity index (χ4n) is 7.29. The summed E-state index contributed by atoms with van der Waals surface area (Å²) in [4.78, 5) is 10.2. The van der Waals surface area contributed by atoms with Crippen LogP contribution in [0.15, 0.2) is 128 Å². The van der Waals surface area contributed by atoms with Crippen molar-refractivity contribution in [3.05, 3.63) is 139 Å². The van der Waals surface area contributed by atoms with E-state index >= 15 is 0 Å². The molecule has 198 valence electrons. The number of aromatic nitrogens is 3. The van der Waals surface area contributed by atoms with Crippen molar-refractivity contribution in [3.63, 3.8) is 0 Å². The van der Waals surface area contributed by atoms with Gasteiger partial charge in [-0.15, -0.1) is 0 Å². The second-order valence-electron chi connectivity index (χ2n) is 11.8. The van der Waals surface area contributed by atoms with E-state index in [1.807, 2.05) is 12.3 Å². The van der Waals surface area contributed by atoms with Gasteiger partial charge in [-0.05, 0) is 62.4 Å². The van der Waals surface area contributed by atoms with Crippen LogP contribution in [-0.4, -0.2) is 14.5 Å². The van der Waals surface area contributed by atoms with Crippen LogP contribution in [0.25, 0.3) is 71.7 Å². The van der Waals surface area contributed by atoms with Gasteiger partial charge in [-0.25, -0.2) is 9.97 Å². The highest BCUT2D eigenvalue weighted by Crippen LogP contribution is 2.55. The summed E-state index contributed by atoms with van der Waals surface area (Å²) in [6, 6.07) is 43.5. The fourth-order valence-corrected chi connectivity index (χ4v) is 7.29. The van der Waals surface area contributed by atoms with Gasteiger partial charge in [0.1, 0.15) is 0 Å². The second kappa shape index (κ2) is 8.37. The van der Waals surface area contributed by atoms with Crippen LogP contribution in [0.2, 0.25) is 0 Å². The quantitative estimate of drug-likeness (QED) is 0.220. The van der Waals surface area contributed by atoms with Crippen molar-refractivity contribution in [2.75, 3.05) is 0 Å². The van der Waals surface area contributed by atoms with Crippen LogP contribution in [-0.2, 0) is 5.41 Å². The van der Waals surface area contributed by atoms with E-state index in [0.717, 1.165) is 27.5 Å². The Morgan fingerprint density at radius 1 is 0.571 bits per heavy atom. The molecule has 1 aliphatic rings. The summed E-state index contributed by atoms with van der Waals surface area (Å²) in [5.41, 5.74) is 10.8. The maximum atomic E-state index is 5.17. The van der Waals surface area contributed by atoms with Crippen molar-refractivity contribution in [1.82, 2.24) is 14.5 Å². The lowest BCUT2D eigenvalue weighted by atomic mass is 9.82. The molecule has 0 amide bonds. The normalized spacial score (nSPS) is 13.7. The predicted molar refractivity (Wildman–Crippen MR) is 174 cm³/mol. The lowest BCUT2D eigenvalue weighted by Crippen LogP contribution is -2.14. The molecule has 2 aromatic heterocycles. The van der Waals surface area contributed by atoms with Crippen LogP contribution in [0.1, 0.15) is 25.0 Å². The third kappa shape index (κ3) is 3.05. The molecule has 2 heterocycles. The molecule has 9 rings (SSSR count). The molecule has 6 aromatic carbocycles. The Morgan fingerprint density at radius 3 is 2.19 bits per heavy atom. The minimum Gasteiger partial charge on any atom is -0.278 e. The highest BCUT2D eigenvalue weighted by molar-refractivity contribution is 6.20. The maximum absolute atomic E-state index is 5.17. The smallest absolute Gasteiger partial charge is 0.235 e. The zero-order chi connectivity index (χ0) is 28.0. The minimum absolute atomic E-state index is 0.0978. The van der Waals surface area contributed by atoms with E-state index in [1.54, 1.807) is 0 Å². The Labute approximate surface area is 243 Å². The first-order valence-corrected chi connectivity index (χ1v) is 14.5. The molecule has 0 N–H and O–H groups in total. The van der Waals surface area contributed by atoms with Crippen LogP contribution >= 0.6 is 0 Å². The number of para-hydroxylation sites is 1. The van der Waals surface area contributed by atoms with Gasteiger partial charge in [0.25, 0.3) is 0 Å². The van der Waals surface area contributed by atoms with Gasteiger partial charge in [0.15, 0.2) is 0 Å². The lowest BCUT2D eigenvalue weighted by molar-refractivity contribution is 0.661. The van der Waals surface area contributed by atoms with Crippen LogP contribution in [0.5, 0.6) is 0 Å². The van der Waals surface area contributed by atoms with E-state index in [9.17, 15) is 0 Å². The van der Waals surface area contributed by atoms with E-state index in [1.165, 1.54) is 49.4 Å². The third-order valence-electron chi connectivity index (χ3n) is 9.26. The van der Waals surface area contributed by atoms with E-state index in [4.69, 9.17) is 9.97 Å². The Balaban J connectivity index is 1.37. The molecule has 0 unspecified atom stereocenters. The van der Waals surface area contributed by atoms with Crippen LogP contribution < -0.4 is 0 Å². The SMILES string of the molecule is CC1(C)c2ccc3ccccc3c2-c2c1ccc1c2c2ccccc2n1-c1ncc2c(-c3ccccc3)cccc2n1. The summed E-state index contributed by atoms with van der Waals surface area (Å²) in [6.07, 6.45) is 1.99. The van der Waals surface area contributed by atoms with Crippen molar-refractivity contribution < 1.29 is 0 Å². The number of nitrogens with zero attached hydrogens (tertiary/aromatic N) is 3. The first-order valence-electron chi connectivity index (χ1n) is 14.5. The molecular formula is C39H27N3. The van der Waals surface area contributed by atoms with Gasteiger partial charge in [0, 0.05) is 27.8 Å². The van der Waals surface area contributed by atoms with E-state index in [0.29, 0.717) is 5.95 Å². The topological polar surface area (TPSA) is 30.7 Å². The standard InChI is InChI=1S/C39H27N3/c1-39(2)30-20-19-25-13-6-7-14-27(25)35(30)37-31(39)21-22-34-36(37)28-15-8-9-18-33(28)42(34)38-40-23-29-26(16-10-17-32(29)41-38)24-11-4-3-5-12-24/h3-23H,1-2H3. The second-order valence-corrected chi connectivity index (χ2v) is 11.8. The molecule has 0 radical (unpaired) electrons. The molecule has 42 heavy (non-hydrogen) atoms. The van der Waals surface area contributed by atoms with E-state index in [-0.39, 0.29) is 5.41 Å². The number of hydrogen-bond acceptors (Lipinski definition) is 2. The molecule has 3 heteroatoms. The first-order chi connectivity index (χ1) is 20.6. The summed E-state index contributed by atoms with van der Waals surface area (Å²) in [6.45, 7) is 4.71. The molecule has 0 saturated carbocycles. The van der Waals surface area contributed by atoms with Gasteiger partial charge >= 0.3 is 0 Å². The fraction of sp³-hybridized carbons (Fsp3) is 0.0769. The molecule has 1 aliphatic carbocycles. The van der Waals surface area contributed by atoms with Crippen LogP contribution in [0.4, 0.5) is 0 Å². The van der Waals surface area contributed by atoms with Gasteiger partial charge in [-0.2, -0.15) is 0 Å². The first kappa shape index (κ1) is 23.4. The largest absolute Gasteiger partial charge is 0.278 e. The molecular weight excluding hydrogens is 510 g/mol. The Bertz CT molecular complexity index is 2380. The summed E-state index contributed by atoms with van der Waals surface area (Å²) in [5, 5.41) is 6.13. The molecule has 8 aromatic rings. The van der Waals surface area contributed by atoms with Crippen molar-refractivity contribution in [1.29, 1.82) is 0 Å². The van der Waals surface area contributed by atoms with Crippen LogP contribution in [0, 0.1) is 0 Å². The Kier molecular flexibility index (Phi) is 4.67. The predicted octanol–water partition coefficient (Wildman–Crippen LogP) is 9.85. The summed E-state index contributed by atoms with van der Waals surface area (Å²) in [5.74, 6) is 0.689. The molecule has 3 nitrogen and oxygen atoms in total. The highest BCUT2D eigenvalue weighted by atomic mass is 15.2. The third-order valence-corrected chi connectivity index (χ3v) is 9.26. The van der Waals surface area contributed by atoms with E-state index in [2.05, 4.69) is 134 Å². The van der Waals surface area contributed by atoms with Crippen molar-refractivity contribution >= 4 is 43.5 Å². The summed E-state index contributed by atoms with van der Waals surface area (Å²) in [7, 11) is 0. The zero-order valence-corrected chi connectivity index (χ0v) is 23.5. The van der Waals surface area contributed by atoms with Crippen LogP contribution in [0.3, 0.4) is 0 Å². The molecule has 0 atom stereocenters. The van der Waals surface area contributed by atoms with Gasteiger partial charge in [-0.1, -0.05) is 117 Å². The minimum atomic E-state index is -0.0978. The molecule has 0 saturated heterocycles. The average Bonchev–Trinajstić information content (AvgIpc) is 3.50. The number of rotatable bonds is 2. The zero-order valence-electron chi connectivity index (χ0n) is 23.5. The van der Waals surface area contributed by atoms with Crippen molar-refractivity contribution in [2.45, 2.75) is 19.3 Å².